The van der Waals surface area contributed by atoms with Crippen LogP contribution in [-0.2, 0) is 11.2 Å². The first kappa shape index (κ1) is 11.5. The molecule has 5 heteroatoms. The molecule has 1 fully saturated rings. The van der Waals surface area contributed by atoms with Gasteiger partial charge in [0.05, 0.1) is 18.1 Å². The summed E-state index contributed by atoms with van der Waals surface area (Å²) in [5.74, 6) is 1.99. The monoisotopic (exact) mass is 225 g/mol. The number of ether oxygens (including phenoxy) is 1. The Morgan fingerprint density at radius 2 is 2.00 bits per heavy atom. The average Bonchev–Trinajstić information content (AvgIpc) is 2.75. The molecule has 4 unspecified atom stereocenters. The van der Waals surface area contributed by atoms with Gasteiger partial charge in [0.25, 0.3) is 0 Å². The molecule has 0 aliphatic carbocycles. The van der Waals surface area contributed by atoms with Gasteiger partial charge in [0.2, 0.25) is 5.89 Å². The number of nitrogens with zero attached hydrogens (tertiary/aromatic N) is 2. The number of aromatic nitrogens is 2. The molecule has 1 aromatic heterocycles. The van der Waals surface area contributed by atoms with Crippen molar-refractivity contribution in [2.24, 2.45) is 11.7 Å². The highest BCUT2D eigenvalue weighted by atomic mass is 16.5. The summed E-state index contributed by atoms with van der Waals surface area (Å²) >= 11 is 0. The van der Waals surface area contributed by atoms with Crippen LogP contribution in [-0.4, -0.2) is 28.9 Å². The fourth-order valence-corrected chi connectivity index (χ4v) is 2.33. The van der Waals surface area contributed by atoms with E-state index in [1.807, 2.05) is 0 Å². The summed E-state index contributed by atoms with van der Waals surface area (Å²) in [5.41, 5.74) is 5.45. The maximum Gasteiger partial charge on any atom is 0.232 e. The Balaban J connectivity index is 2.16. The maximum absolute atomic E-state index is 5.76. The minimum atomic E-state index is 0.135. The lowest BCUT2D eigenvalue weighted by Crippen LogP contribution is -2.15. The SMILES string of the molecule is CC1OC(C)C(c2nc(CCN)no2)C1C. The van der Waals surface area contributed by atoms with E-state index in [-0.39, 0.29) is 18.1 Å². The van der Waals surface area contributed by atoms with Gasteiger partial charge in [-0.15, -0.1) is 0 Å². The predicted molar refractivity (Wildman–Crippen MR) is 59.0 cm³/mol. The van der Waals surface area contributed by atoms with Crippen molar-refractivity contribution >= 4 is 0 Å². The van der Waals surface area contributed by atoms with Crippen molar-refractivity contribution in [1.82, 2.24) is 10.1 Å². The molecule has 1 aromatic rings. The molecule has 0 radical (unpaired) electrons. The van der Waals surface area contributed by atoms with Crippen LogP contribution in [0.25, 0.3) is 0 Å². The van der Waals surface area contributed by atoms with Crippen molar-refractivity contribution in [2.45, 2.75) is 45.3 Å². The average molecular weight is 225 g/mol. The van der Waals surface area contributed by atoms with E-state index in [0.717, 1.165) is 0 Å². The molecule has 1 saturated heterocycles. The van der Waals surface area contributed by atoms with E-state index in [0.29, 0.717) is 30.6 Å². The van der Waals surface area contributed by atoms with E-state index >= 15 is 0 Å². The van der Waals surface area contributed by atoms with Crippen LogP contribution in [0.1, 0.15) is 38.4 Å². The Morgan fingerprint density at radius 3 is 2.56 bits per heavy atom. The molecule has 5 nitrogen and oxygen atoms in total. The maximum atomic E-state index is 5.76. The van der Waals surface area contributed by atoms with Gasteiger partial charge in [0.1, 0.15) is 0 Å². The molecule has 2 N–H and O–H groups in total. The van der Waals surface area contributed by atoms with Gasteiger partial charge < -0.3 is 15.0 Å². The number of hydrogen-bond donors (Lipinski definition) is 1. The van der Waals surface area contributed by atoms with Crippen LogP contribution in [0, 0.1) is 5.92 Å². The largest absolute Gasteiger partial charge is 0.374 e. The second kappa shape index (κ2) is 4.51. The van der Waals surface area contributed by atoms with Gasteiger partial charge in [0.15, 0.2) is 5.82 Å². The van der Waals surface area contributed by atoms with Gasteiger partial charge in [-0.25, -0.2) is 0 Å². The van der Waals surface area contributed by atoms with Gasteiger partial charge in [-0.1, -0.05) is 12.1 Å². The lowest BCUT2D eigenvalue weighted by atomic mass is 9.89. The van der Waals surface area contributed by atoms with Crippen LogP contribution in [0.3, 0.4) is 0 Å². The van der Waals surface area contributed by atoms with Gasteiger partial charge in [-0.3, -0.25) is 0 Å². The summed E-state index contributed by atoms with van der Waals surface area (Å²) in [4.78, 5) is 4.38. The lowest BCUT2D eigenvalue weighted by molar-refractivity contribution is 0.0542. The highest BCUT2D eigenvalue weighted by Crippen LogP contribution is 2.38. The van der Waals surface area contributed by atoms with Crippen molar-refractivity contribution in [3.63, 3.8) is 0 Å². The number of rotatable bonds is 3. The van der Waals surface area contributed by atoms with Gasteiger partial charge >= 0.3 is 0 Å². The molecule has 0 saturated carbocycles. The topological polar surface area (TPSA) is 74.2 Å². The highest BCUT2D eigenvalue weighted by molar-refractivity contribution is 5.03. The molecule has 2 heterocycles. The third-order valence-electron chi connectivity index (χ3n) is 3.38. The third kappa shape index (κ3) is 1.97. The van der Waals surface area contributed by atoms with Crippen LogP contribution in [0.15, 0.2) is 4.52 Å². The lowest BCUT2D eigenvalue weighted by Gasteiger charge is -2.12. The van der Waals surface area contributed by atoms with E-state index < -0.39 is 0 Å². The molecule has 1 aliphatic heterocycles. The quantitative estimate of drug-likeness (QED) is 0.833. The zero-order valence-electron chi connectivity index (χ0n) is 10.0. The van der Waals surface area contributed by atoms with Crippen molar-refractivity contribution in [1.29, 1.82) is 0 Å². The minimum Gasteiger partial charge on any atom is -0.374 e. The molecule has 1 aliphatic rings. The minimum absolute atomic E-state index is 0.135. The van der Waals surface area contributed by atoms with E-state index in [2.05, 4.69) is 30.9 Å². The normalized spacial score (nSPS) is 34.5. The highest BCUT2D eigenvalue weighted by Gasteiger charge is 2.41. The Bertz CT molecular complexity index is 353. The first-order valence-electron chi connectivity index (χ1n) is 5.81. The van der Waals surface area contributed by atoms with Crippen LogP contribution in [0.2, 0.25) is 0 Å². The Labute approximate surface area is 95.3 Å². The van der Waals surface area contributed by atoms with Crippen LogP contribution < -0.4 is 5.73 Å². The zero-order valence-corrected chi connectivity index (χ0v) is 10.0. The second-order valence-electron chi connectivity index (χ2n) is 4.52. The molecule has 4 atom stereocenters. The summed E-state index contributed by atoms with van der Waals surface area (Å²) in [6.07, 6.45) is 1.04. The van der Waals surface area contributed by atoms with Crippen LogP contribution >= 0.6 is 0 Å². The van der Waals surface area contributed by atoms with Gasteiger partial charge in [0, 0.05) is 6.42 Å². The fourth-order valence-electron chi connectivity index (χ4n) is 2.33. The standard InChI is InChI=1S/C11H19N3O2/c1-6-7(2)15-8(3)10(6)11-13-9(4-5-12)14-16-11/h6-8,10H,4-5,12H2,1-3H3. The predicted octanol–water partition coefficient (Wildman–Crippen LogP) is 1.10. The summed E-state index contributed by atoms with van der Waals surface area (Å²) in [6, 6.07) is 0. The third-order valence-corrected chi connectivity index (χ3v) is 3.38. The molecule has 0 amide bonds. The van der Waals surface area contributed by atoms with E-state index in [9.17, 15) is 0 Å². The molecule has 0 aromatic carbocycles. The number of nitrogens with two attached hydrogens (primary N) is 1. The fraction of sp³-hybridized carbons (Fsp3) is 0.818. The van der Waals surface area contributed by atoms with Crippen LogP contribution in [0.5, 0.6) is 0 Å². The number of hydrogen-bond acceptors (Lipinski definition) is 5. The summed E-state index contributed by atoms with van der Waals surface area (Å²) < 4.78 is 11.1. The van der Waals surface area contributed by atoms with Crippen molar-refractivity contribution in [2.75, 3.05) is 6.54 Å². The van der Waals surface area contributed by atoms with Crippen molar-refractivity contribution < 1.29 is 9.26 Å². The van der Waals surface area contributed by atoms with E-state index in [1.165, 1.54) is 0 Å². The van der Waals surface area contributed by atoms with Crippen molar-refractivity contribution in [3.05, 3.63) is 11.7 Å². The van der Waals surface area contributed by atoms with E-state index in [1.54, 1.807) is 0 Å². The molecule has 90 valence electrons. The Kier molecular flexibility index (Phi) is 3.25. The smallest absolute Gasteiger partial charge is 0.232 e. The molecule has 0 bridgehead atoms. The van der Waals surface area contributed by atoms with E-state index in [4.69, 9.17) is 15.0 Å². The van der Waals surface area contributed by atoms with Crippen LogP contribution in [0.4, 0.5) is 0 Å². The molecule has 16 heavy (non-hydrogen) atoms. The first-order chi connectivity index (χ1) is 7.63. The Morgan fingerprint density at radius 1 is 1.25 bits per heavy atom. The molecule has 0 spiro atoms. The first-order valence-corrected chi connectivity index (χ1v) is 5.81. The summed E-state index contributed by atoms with van der Waals surface area (Å²) in [6.45, 7) is 6.84. The zero-order chi connectivity index (χ0) is 11.7. The molecular weight excluding hydrogens is 206 g/mol. The summed E-state index contributed by atoms with van der Waals surface area (Å²) in [7, 11) is 0. The van der Waals surface area contributed by atoms with Crippen molar-refractivity contribution in [3.8, 4) is 0 Å². The molecule has 2 rings (SSSR count). The Hall–Kier alpha value is -0.940. The van der Waals surface area contributed by atoms with Gasteiger partial charge in [-0.05, 0) is 26.3 Å². The molecular formula is C11H19N3O2. The summed E-state index contributed by atoms with van der Waals surface area (Å²) in [5, 5.41) is 3.92. The van der Waals surface area contributed by atoms with Gasteiger partial charge in [-0.2, -0.15) is 4.98 Å². The second-order valence-corrected chi connectivity index (χ2v) is 4.52.